The molecule has 1 heterocycles. The number of carboxylic acids is 1. The van der Waals surface area contributed by atoms with Crippen molar-refractivity contribution in [3.63, 3.8) is 0 Å². The number of carbonyl (C=O) groups excluding carboxylic acids is 4. The summed E-state index contributed by atoms with van der Waals surface area (Å²) in [5.41, 5.74) is 0.891. The van der Waals surface area contributed by atoms with Crippen LogP contribution in [-0.2, 0) is 25.6 Å². The number of hydrogen-bond acceptors (Lipinski definition) is 6. The maximum absolute atomic E-state index is 13.3. The molecule has 1 aromatic rings. The quantitative estimate of drug-likeness (QED) is 0.237. The van der Waals surface area contributed by atoms with Crippen LogP contribution in [0.2, 0.25) is 0 Å². The molecule has 0 aromatic heterocycles. The van der Waals surface area contributed by atoms with E-state index in [1.165, 1.54) is 0 Å². The van der Waals surface area contributed by atoms with E-state index in [1.807, 2.05) is 6.92 Å². The van der Waals surface area contributed by atoms with Gasteiger partial charge in [-0.3, -0.25) is 14.4 Å². The van der Waals surface area contributed by atoms with Crippen LogP contribution in [0, 0.1) is 11.8 Å². The molecule has 1 aliphatic heterocycles. The van der Waals surface area contributed by atoms with Crippen molar-refractivity contribution in [2.24, 2.45) is 11.8 Å². The van der Waals surface area contributed by atoms with Crippen LogP contribution in [0.4, 0.5) is 4.79 Å². The van der Waals surface area contributed by atoms with E-state index in [0.29, 0.717) is 38.6 Å². The lowest BCUT2D eigenvalue weighted by Gasteiger charge is -2.27. The molecule has 2 rings (SSSR count). The van der Waals surface area contributed by atoms with Crippen LogP contribution in [0.25, 0.3) is 0 Å². The first-order valence-electron chi connectivity index (χ1n) is 13.9. The standard InChI is InChI=1S/C28H43N5O7/c1-5-17(4)23(27(38)39)33-28(40)31-20-8-6-7-15-29-24(35)21(14-11-18-9-12-19(34)13-10-18)30-26(37)22(16(2)3)32-25(20)36/h9-10,12-13,16-17,20-23,34H,5-8,11,14-15H2,1-4H3,(H,29,35)(H,30,37)(H,32,36)(H,38,39)(H2,31,33,40). The fraction of sp³-hybridized carbons (Fsp3) is 0.607. The fourth-order valence-corrected chi connectivity index (χ4v) is 4.39. The number of phenols is 1. The normalized spacial score (nSPS) is 22.3. The predicted molar refractivity (Wildman–Crippen MR) is 148 cm³/mol. The third-order valence-electron chi connectivity index (χ3n) is 7.14. The molecule has 0 bridgehead atoms. The zero-order valence-corrected chi connectivity index (χ0v) is 23.7. The van der Waals surface area contributed by atoms with Gasteiger partial charge >= 0.3 is 12.0 Å². The van der Waals surface area contributed by atoms with Gasteiger partial charge in [0.25, 0.3) is 0 Å². The minimum absolute atomic E-state index is 0.134. The van der Waals surface area contributed by atoms with E-state index >= 15 is 0 Å². The summed E-state index contributed by atoms with van der Waals surface area (Å²) in [4.78, 5) is 63.8. The van der Waals surface area contributed by atoms with Crippen molar-refractivity contribution in [2.45, 2.75) is 90.4 Å². The molecule has 12 nitrogen and oxygen atoms in total. The molecular weight excluding hydrogens is 518 g/mol. The molecule has 0 saturated carbocycles. The molecule has 7 N–H and O–H groups in total. The minimum atomic E-state index is -1.17. The minimum Gasteiger partial charge on any atom is -0.508 e. The molecule has 0 radical (unpaired) electrons. The largest absolute Gasteiger partial charge is 0.508 e. The highest BCUT2D eigenvalue weighted by atomic mass is 16.4. The second-order valence-electron chi connectivity index (χ2n) is 10.7. The molecule has 5 amide bonds. The van der Waals surface area contributed by atoms with Gasteiger partial charge in [-0.15, -0.1) is 0 Å². The molecule has 1 aromatic carbocycles. The number of urea groups is 1. The van der Waals surface area contributed by atoms with Gasteiger partial charge in [0.05, 0.1) is 0 Å². The Morgan fingerprint density at radius 3 is 2.27 bits per heavy atom. The molecule has 40 heavy (non-hydrogen) atoms. The van der Waals surface area contributed by atoms with E-state index in [-0.39, 0.29) is 29.9 Å². The van der Waals surface area contributed by atoms with Crippen molar-refractivity contribution in [1.82, 2.24) is 26.6 Å². The molecule has 0 spiro atoms. The smallest absolute Gasteiger partial charge is 0.326 e. The summed E-state index contributed by atoms with van der Waals surface area (Å²) < 4.78 is 0. The maximum Gasteiger partial charge on any atom is 0.326 e. The van der Waals surface area contributed by atoms with E-state index in [4.69, 9.17) is 0 Å². The summed E-state index contributed by atoms with van der Waals surface area (Å²) >= 11 is 0. The Morgan fingerprint density at radius 2 is 1.68 bits per heavy atom. The Balaban J connectivity index is 2.17. The number of hydrogen-bond donors (Lipinski definition) is 7. The number of amides is 5. The van der Waals surface area contributed by atoms with Crippen molar-refractivity contribution < 1.29 is 34.2 Å². The number of aliphatic carboxylic acids is 1. The molecule has 222 valence electrons. The van der Waals surface area contributed by atoms with E-state index in [1.54, 1.807) is 45.0 Å². The van der Waals surface area contributed by atoms with Crippen molar-refractivity contribution >= 4 is 29.7 Å². The monoisotopic (exact) mass is 561 g/mol. The predicted octanol–water partition coefficient (Wildman–Crippen LogP) is 1.42. The fourth-order valence-electron chi connectivity index (χ4n) is 4.39. The van der Waals surface area contributed by atoms with Crippen LogP contribution in [0.15, 0.2) is 24.3 Å². The first kappa shape index (κ1) is 32.4. The zero-order valence-electron chi connectivity index (χ0n) is 23.7. The third-order valence-corrected chi connectivity index (χ3v) is 7.14. The third kappa shape index (κ3) is 10.0. The number of carboxylic acid groups (broad SMARTS) is 1. The Bertz CT molecular complexity index is 1030. The van der Waals surface area contributed by atoms with Gasteiger partial charge in [0, 0.05) is 6.54 Å². The van der Waals surface area contributed by atoms with Gasteiger partial charge in [-0.2, -0.15) is 0 Å². The highest BCUT2D eigenvalue weighted by Crippen LogP contribution is 2.14. The lowest BCUT2D eigenvalue weighted by molar-refractivity contribution is -0.140. The molecule has 1 fully saturated rings. The summed E-state index contributed by atoms with van der Waals surface area (Å²) in [5.74, 6) is -3.12. The lowest BCUT2D eigenvalue weighted by Crippen LogP contribution is -2.59. The van der Waals surface area contributed by atoms with Crippen LogP contribution in [0.5, 0.6) is 5.75 Å². The maximum atomic E-state index is 13.3. The molecular formula is C28H43N5O7. The van der Waals surface area contributed by atoms with Crippen LogP contribution < -0.4 is 26.6 Å². The van der Waals surface area contributed by atoms with Crippen molar-refractivity contribution in [3.8, 4) is 5.75 Å². The van der Waals surface area contributed by atoms with Crippen LogP contribution in [0.1, 0.15) is 65.4 Å². The second-order valence-corrected chi connectivity index (χ2v) is 10.7. The molecule has 1 saturated heterocycles. The Kier molecular flexibility index (Phi) is 12.7. The van der Waals surface area contributed by atoms with E-state index in [2.05, 4.69) is 26.6 Å². The molecule has 1 aliphatic rings. The number of carbonyl (C=O) groups is 5. The summed E-state index contributed by atoms with van der Waals surface area (Å²) in [6, 6.07) is 1.87. The summed E-state index contributed by atoms with van der Waals surface area (Å²) in [5, 5.41) is 32.3. The van der Waals surface area contributed by atoms with E-state index in [0.717, 1.165) is 5.56 Å². The van der Waals surface area contributed by atoms with Gasteiger partial charge in [0.1, 0.15) is 29.9 Å². The Hall–Kier alpha value is -3.83. The Morgan fingerprint density at radius 1 is 1.00 bits per heavy atom. The average molecular weight is 562 g/mol. The van der Waals surface area contributed by atoms with Gasteiger partial charge in [0.15, 0.2) is 0 Å². The summed E-state index contributed by atoms with van der Waals surface area (Å²) in [7, 11) is 0. The number of aryl methyl sites for hydroxylation is 1. The van der Waals surface area contributed by atoms with Gasteiger partial charge in [0.2, 0.25) is 17.7 Å². The van der Waals surface area contributed by atoms with Crippen LogP contribution in [-0.4, -0.2) is 70.6 Å². The highest BCUT2D eigenvalue weighted by molar-refractivity contribution is 5.94. The summed E-state index contributed by atoms with van der Waals surface area (Å²) in [6.45, 7) is 7.35. The van der Waals surface area contributed by atoms with Crippen molar-refractivity contribution in [3.05, 3.63) is 29.8 Å². The lowest BCUT2D eigenvalue weighted by atomic mass is 9.99. The van der Waals surface area contributed by atoms with E-state index in [9.17, 15) is 34.2 Å². The Labute approximate surface area is 235 Å². The van der Waals surface area contributed by atoms with Gasteiger partial charge in [-0.05, 0) is 61.6 Å². The second kappa shape index (κ2) is 15.7. The van der Waals surface area contributed by atoms with Gasteiger partial charge in [-0.25, -0.2) is 9.59 Å². The SMILES string of the molecule is CCC(C)C(NC(=O)NC1CCCCNC(=O)C(CCc2ccc(O)cc2)NC(=O)C(C(C)C)NC1=O)C(=O)O. The molecule has 12 heteroatoms. The number of aromatic hydroxyl groups is 1. The zero-order chi connectivity index (χ0) is 29.8. The molecule has 0 aliphatic carbocycles. The number of benzene rings is 1. The number of nitrogens with one attached hydrogen (secondary N) is 5. The van der Waals surface area contributed by atoms with Gasteiger partial charge < -0.3 is 36.8 Å². The van der Waals surface area contributed by atoms with Crippen molar-refractivity contribution in [2.75, 3.05) is 6.54 Å². The number of rotatable bonds is 9. The average Bonchev–Trinajstić information content (AvgIpc) is 2.91. The van der Waals surface area contributed by atoms with Crippen molar-refractivity contribution in [1.29, 1.82) is 0 Å². The van der Waals surface area contributed by atoms with Gasteiger partial charge in [-0.1, -0.05) is 46.2 Å². The molecule has 5 unspecified atom stereocenters. The summed E-state index contributed by atoms with van der Waals surface area (Å²) in [6.07, 6.45) is 2.56. The van der Waals surface area contributed by atoms with Crippen LogP contribution >= 0.6 is 0 Å². The van der Waals surface area contributed by atoms with E-state index < -0.39 is 48.0 Å². The molecule has 5 atom stereocenters. The first-order valence-corrected chi connectivity index (χ1v) is 13.9. The number of phenolic OH excluding ortho intramolecular Hbond substituents is 1. The first-order chi connectivity index (χ1) is 18.9. The topological polar surface area (TPSA) is 186 Å². The van der Waals surface area contributed by atoms with Crippen LogP contribution in [0.3, 0.4) is 0 Å². The highest BCUT2D eigenvalue weighted by Gasteiger charge is 2.32.